The molecular weight excluding hydrogens is 231 g/mol. The second-order valence-corrected chi connectivity index (χ2v) is 4.52. The predicted molar refractivity (Wildman–Crippen MR) is 69.8 cm³/mol. The number of piperazine rings is 1. The van der Waals surface area contributed by atoms with Crippen LogP contribution in [0.5, 0.6) is 0 Å². The molecule has 2 heterocycles. The van der Waals surface area contributed by atoms with Gasteiger partial charge in [-0.1, -0.05) is 0 Å². The third-order valence-electron chi connectivity index (χ3n) is 3.48. The van der Waals surface area contributed by atoms with Crippen molar-refractivity contribution in [3.63, 3.8) is 0 Å². The van der Waals surface area contributed by atoms with Gasteiger partial charge in [0.2, 0.25) is 0 Å². The SMILES string of the molecule is C[CH]N1CCN(c2n[nH]c3cc(F)ccc23)CC1. The van der Waals surface area contributed by atoms with E-state index in [-0.39, 0.29) is 5.82 Å². The summed E-state index contributed by atoms with van der Waals surface area (Å²) in [6.07, 6.45) is 0. The maximum absolute atomic E-state index is 13.1. The zero-order valence-corrected chi connectivity index (χ0v) is 10.4. The van der Waals surface area contributed by atoms with E-state index in [9.17, 15) is 4.39 Å². The van der Waals surface area contributed by atoms with Gasteiger partial charge in [0.05, 0.1) is 5.52 Å². The van der Waals surface area contributed by atoms with Crippen molar-refractivity contribution in [1.82, 2.24) is 15.1 Å². The van der Waals surface area contributed by atoms with Crippen LogP contribution in [0.2, 0.25) is 0 Å². The van der Waals surface area contributed by atoms with Crippen LogP contribution < -0.4 is 4.90 Å². The molecule has 2 aromatic rings. The molecule has 0 bridgehead atoms. The van der Waals surface area contributed by atoms with Crippen molar-refractivity contribution in [1.29, 1.82) is 0 Å². The lowest BCUT2D eigenvalue weighted by Gasteiger charge is -2.34. The van der Waals surface area contributed by atoms with Crippen molar-refractivity contribution < 1.29 is 4.39 Å². The molecule has 1 aliphatic heterocycles. The van der Waals surface area contributed by atoms with Crippen molar-refractivity contribution in [3.8, 4) is 0 Å². The monoisotopic (exact) mass is 247 g/mol. The Labute approximate surface area is 105 Å². The number of hydrogen-bond donors (Lipinski definition) is 1. The molecular formula is C13H16FN4. The number of nitrogens with zero attached hydrogens (tertiary/aromatic N) is 3. The van der Waals surface area contributed by atoms with E-state index in [1.165, 1.54) is 12.1 Å². The van der Waals surface area contributed by atoms with Gasteiger partial charge in [0.1, 0.15) is 5.82 Å². The van der Waals surface area contributed by atoms with Gasteiger partial charge < -0.3 is 4.90 Å². The lowest BCUT2D eigenvalue weighted by atomic mass is 10.2. The third-order valence-corrected chi connectivity index (χ3v) is 3.48. The van der Waals surface area contributed by atoms with Crippen LogP contribution in [-0.4, -0.2) is 41.3 Å². The van der Waals surface area contributed by atoms with Crippen LogP contribution >= 0.6 is 0 Å². The molecule has 0 unspecified atom stereocenters. The highest BCUT2D eigenvalue weighted by molar-refractivity contribution is 5.90. The summed E-state index contributed by atoms with van der Waals surface area (Å²) in [5, 5.41) is 8.21. The molecule has 1 radical (unpaired) electrons. The number of hydrogen-bond acceptors (Lipinski definition) is 3. The molecule has 1 aromatic heterocycles. The fourth-order valence-corrected chi connectivity index (χ4v) is 2.41. The number of halogens is 1. The van der Waals surface area contributed by atoms with E-state index in [1.54, 1.807) is 6.07 Å². The summed E-state index contributed by atoms with van der Waals surface area (Å²) in [5.41, 5.74) is 0.759. The van der Waals surface area contributed by atoms with Crippen LogP contribution in [0.4, 0.5) is 10.2 Å². The van der Waals surface area contributed by atoms with E-state index in [0.717, 1.165) is 42.9 Å². The molecule has 3 rings (SSSR count). The summed E-state index contributed by atoms with van der Waals surface area (Å²) in [7, 11) is 0. The average molecular weight is 247 g/mol. The number of aromatic nitrogens is 2. The Morgan fingerprint density at radius 1 is 1.28 bits per heavy atom. The maximum atomic E-state index is 13.1. The molecule has 1 aliphatic rings. The first kappa shape index (κ1) is 11.5. The third kappa shape index (κ3) is 1.95. The van der Waals surface area contributed by atoms with E-state index in [0.29, 0.717) is 0 Å². The Kier molecular flexibility index (Phi) is 2.91. The van der Waals surface area contributed by atoms with Crippen LogP contribution in [0.25, 0.3) is 10.9 Å². The van der Waals surface area contributed by atoms with E-state index in [2.05, 4.69) is 33.5 Å². The van der Waals surface area contributed by atoms with Crippen LogP contribution in [0.15, 0.2) is 18.2 Å². The van der Waals surface area contributed by atoms with Gasteiger partial charge in [-0.15, -0.1) is 0 Å². The minimum Gasteiger partial charge on any atom is -0.352 e. The zero-order valence-electron chi connectivity index (χ0n) is 10.4. The fourth-order valence-electron chi connectivity index (χ4n) is 2.41. The second kappa shape index (κ2) is 4.57. The van der Waals surface area contributed by atoms with Gasteiger partial charge in [-0.25, -0.2) is 4.39 Å². The lowest BCUT2D eigenvalue weighted by molar-refractivity contribution is 0.315. The Morgan fingerprint density at radius 3 is 2.78 bits per heavy atom. The number of rotatable bonds is 2. The average Bonchev–Trinajstić information content (AvgIpc) is 2.81. The molecule has 0 saturated carbocycles. The lowest BCUT2D eigenvalue weighted by Crippen LogP contribution is -2.45. The first-order valence-corrected chi connectivity index (χ1v) is 6.20. The van der Waals surface area contributed by atoms with E-state index in [4.69, 9.17) is 0 Å². The predicted octanol–water partition coefficient (Wildman–Crippen LogP) is 2.01. The standard InChI is InChI=1S/C13H16FN4/c1-2-17-5-7-18(8-6-17)13-11-4-3-10(14)9-12(11)15-16-13/h2-4,9H,5-8H2,1H3,(H,15,16). The minimum atomic E-state index is -0.233. The molecule has 95 valence electrons. The number of benzene rings is 1. The Morgan fingerprint density at radius 2 is 2.06 bits per heavy atom. The normalized spacial score (nSPS) is 17.6. The molecule has 0 aliphatic carbocycles. The highest BCUT2D eigenvalue weighted by Gasteiger charge is 2.19. The van der Waals surface area contributed by atoms with Gasteiger partial charge >= 0.3 is 0 Å². The van der Waals surface area contributed by atoms with Crippen molar-refractivity contribution in [2.75, 3.05) is 31.1 Å². The van der Waals surface area contributed by atoms with Gasteiger partial charge in [-0.05, 0) is 25.1 Å². The van der Waals surface area contributed by atoms with Crippen molar-refractivity contribution in [2.24, 2.45) is 0 Å². The Hall–Kier alpha value is -1.62. The van der Waals surface area contributed by atoms with Gasteiger partial charge in [0.25, 0.3) is 0 Å². The molecule has 0 atom stereocenters. The van der Waals surface area contributed by atoms with Crippen molar-refractivity contribution >= 4 is 16.7 Å². The molecule has 1 saturated heterocycles. The van der Waals surface area contributed by atoms with Crippen LogP contribution in [0, 0.1) is 12.4 Å². The summed E-state index contributed by atoms with van der Waals surface area (Å²) in [4.78, 5) is 4.54. The quantitative estimate of drug-likeness (QED) is 0.881. The summed E-state index contributed by atoms with van der Waals surface area (Å²) in [6.45, 7) is 8.08. The fraction of sp³-hybridized carbons (Fsp3) is 0.385. The number of H-pyrrole nitrogens is 1. The molecule has 0 spiro atoms. The van der Waals surface area contributed by atoms with E-state index >= 15 is 0 Å². The summed E-state index contributed by atoms with van der Waals surface area (Å²) in [5.74, 6) is 0.698. The van der Waals surface area contributed by atoms with Gasteiger partial charge in [-0.3, -0.25) is 10.00 Å². The molecule has 0 amide bonds. The summed E-state index contributed by atoms with van der Waals surface area (Å²) in [6, 6.07) is 4.77. The van der Waals surface area contributed by atoms with Crippen LogP contribution in [0.1, 0.15) is 6.92 Å². The smallest absolute Gasteiger partial charge is 0.158 e. The van der Waals surface area contributed by atoms with E-state index < -0.39 is 0 Å². The largest absolute Gasteiger partial charge is 0.352 e. The molecule has 4 nitrogen and oxygen atoms in total. The Balaban J connectivity index is 1.87. The highest BCUT2D eigenvalue weighted by atomic mass is 19.1. The van der Waals surface area contributed by atoms with Gasteiger partial charge in [0, 0.05) is 38.1 Å². The van der Waals surface area contributed by atoms with Crippen LogP contribution in [0.3, 0.4) is 0 Å². The Bertz CT molecular complexity index is 543. The zero-order chi connectivity index (χ0) is 12.5. The minimum absolute atomic E-state index is 0.233. The molecule has 1 fully saturated rings. The number of anilines is 1. The first-order valence-electron chi connectivity index (χ1n) is 6.20. The highest BCUT2D eigenvalue weighted by Crippen LogP contribution is 2.25. The molecule has 5 heteroatoms. The van der Waals surface area contributed by atoms with Crippen molar-refractivity contribution in [3.05, 3.63) is 30.6 Å². The summed E-state index contributed by atoms with van der Waals surface area (Å²) < 4.78 is 13.1. The van der Waals surface area contributed by atoms with Crippen LogP contribution in [-0.2, 0) is 0 Å². The molecule has 1 N–H and O–H groups in total. The van der Waals surface area contributed by atoms with Crippen molar-refractivity contribution in [2.45, 2.75) is 6.92 Å². The number of nitrogens with one attached hydrogen (secondary N) is 1. The number of aromatic amines is 1. The number of fused-ring (bicyclic) bond motifs is 1. The maximum Gasteiger partial charge on any atom is 0.158 e. The van der Waals surface area contributed by atoms with E-state index in [1.807, 2.05) is 0 Å². The second-order valence-electron chi connectivity index (χ2n) is 4.52. The molecule has 18 heavy (non-hydrogen) atoms. The van der Waals surface area contributed by atoms with Gasteiger partial charge in [-0.2, -0.15) is 5.10 Å². The topological polar surface area (TPSA) is 35.2 Å². The molecule has 1 aromatic carbocycles. The first-order chi connectivity index (χ1) is 8.78. The summed E-state index contributed by atoms with van der Waals surface area (Å²) >= 11 is 0. The van der Waals surface area contributed by atoms with Gasteiger partial charge in [0.15, 0.2) is 5.82 Å².